The van der Waals surface area contributed by atoms with E-state index in [9.17, 15) is 4.79 Å². The van der Waals surface area contributed by atoms with Crippen LogP contribution in [0.25, 0.3) is 0 Å². The lowest BCUT2D eigenvalue weighted by Crippen LogP contribution is -3.22. The molecule has 0 radical (unpaired) electrons. The summed E-state index contributed by atoms with van der Waals surface area (Å²) in [6, 6.07) is 5.98. The molecule has 2 atom stereocenters. The highest BCUT2D eigenvalue weighted by molar-refractivity contribution is 5.60. The van der Waals surface area contributed by atoms with Crippen molar-refractivity contribution in [3.63, 3.8) is 0 Å². The Morgan fingerprint density at radius 2 is 1.96 bits per heavy atom. The number of halogens is 2. The number of hydrogen-bond donors (Lipinski definition) is 2. The van der Waals surface area contributed by atoms with Gasteiger partial charge in [-0.15, -0.1) is 0 Å². The van der Waals surface area contributed by atoms with Crippen molar-refractivity contribution in [2.45, 2.75) is 46.1 Å². The van der Waals surface area contributed by atoms with Gasteiger partial charge in [0.05, 0.1) is 19.7 Å². The van der Waals surface area contributed by atoms with Crippen molar-refractivity contribution in [3.05, 3.63) is 23.9 Å². The van der Waals surface area contributed by atoms with Crippen LogP contribution in [0.4, 0.5) is 10.6 Å². The molecule has 2 heterocycles. The molecule has 2 rings (SSSR count). The van der Waals surface area contributed by atoms with Crippen LogP contribution >= 0.6 is 0 Å². The number of pyridine rings is 1. The van der Waals surface area contributed by atoms with Crippen molar-refractivity contribution in [3.8, 4) is 0 Å². The number of rotatable bonds is 5. The summed E-state index contributed by atoms with van der Waals surface area (Å²) in [5.41, 5.74) is 0.928. The largest absolute Gasteiger partial charge is 1.00 e. The molecule has 0 aromatic carbocycles. The highest BCUT2D eigenvalue weighted by Crippen LogP contribution is 2.00. The first-order valence-electron chi connectivity index (χ1n) is 8.43. The van der Waals surface area contributed by atoms with Crippen LogP contribution in [-0.2, 0) is 4.74 Å². The second-order valence-electron chi connectivity index (χ2n) is 6.21. The highest BCUT2D eigenvalue weighted by Gasteiger charge is 2.34. The minimum atomic E-state index is -0.218. The summed E-state index contributed by atoms with van der Waals surface area (Å²) in [5, 5.41) is 0. The van der Waals surface area contributed by atoms with Gasteiger partial charge in [0.2, 0.25) is 5.82 Å². The quantitative estimate of drug-likeness (QED) is 0.538. The van der Waals surface area contributed by atoms with Gasteiger partial charge in [0, 0.05) is 11.8 Å². The molecule has 2 N–H and O–H groups in total. The van der Waals surface area contributed by atoms with Crippen molar-refractivity contribution in [2.24, 2.45) is 0 Å². The Balaban J connectivity index is 0.00000264. The summed E-state index contributed by atoms with van der Waals surface area (Å²) in [4.78, 5) is 19.3. The van der Waals surface area contributed by atoms with Gasteiger partial charge in [-0.25, -0.2) is 4.98 Å². The number of alkyl carbamates (subject to hydrolysis) is 1. The third kappa shape index (κ3) is 6.55. The first-order valence-corrected chi connectivity index (χ1v) is 8.43. The summed E-state index contributed by atoms with van der Waals surface area (Å²) in [6.07, 6.45) is 3.70. The minimum absolute atomic E-state index is 0. The fraction of sp³-hybridized carbons (Fsp3) is 0.647. The molecule has 1 amide bonds. The van der Waals surface area contributed by atoms with E-state index in [0.29, 0.717) is 6.61 Å². The lowest BCUT2D eigenvalue weighted by molar-refractivity contribution is -0.933. The number of quaternary nitrogens is 2. The van der Waals surface area contributed by atoms with E-state index in [-0.39, 0.29) is 36.9 Å². The standard InChI is InChI=1S/C17H27N3O2.2ClH/c1-4-22-17(21)20(16-10-8-9-14(2)18-16)15(3)13-19-11-6-5-7-12-19;;/h8-10,15H,4-7,11-13H2,1-3H3;2*1H. The molecule has 1 aromatic heterocycles. The van der Waals surface area contributed by atoms with Crippen LogP contribution in [0.1, 0.15) is 38.8 Å². The minimum Gasteiger partial charge on any atom is -1.00 e. The molecule has 24 heavy (non-hydrogen) atoms. The van der Waals surface area contributed by atoms with E-state index in [1.165, 1.54) is 32.4 Å². The number of piperidine rings is 1. The number of carbonyl (C=O) groups excluding carboxylic acids is 1. The van der Waals surface area contributed by atoms with Gasteiger partial charge in [-0.05, 0) is 46.1 Å². The zero-order valence-electron chi connectivity index (χ0n) is 14.8. The van der Waals surface area contributed by atoms with E-state index in [2.05, 4.69) is 11.9 Å². The number of nitrogens with zero attached hydrogens (tertiary/aromatic N) is 1. The lowest BCUT2D eigenvalue weighted by Gasteiger charge is -2.28. The SMILES string of the molecule is CCOC(=O)[NH+](c1cccc(C)n1)C(C)C[NH+]1CCCCC1.[Cl-].[Cl-]. The van der Waals surface area contributed by atoms with Gasteiger partial charge in [0.15, 0.2) is 0 Å². The van der Waals surface area contributed by atoms with Crippen molar-refractivity contribution < 1.29 is 44.1 Å². The molecule has 0 bridgehead atoms. The number of aryl methyl sites for hydroxylation is 1. The van der Waals surface area contributed by atoms with Gasteiger partial charge < -0.3 is 34.5 Å². The Kier molecular flexibility index (Phi) is 11.2. The first kappa shape index (κ1) is 23.1. The molecule has 2 unspecified atom stereocenters. The van der Waals surface area contributed by atoms with E-state index in [1.807, 2.05) is 32.0 Å². The molecule has 1 aliphatic rings. The molecular weight excluding hydrogens is 349 g/mol. The van der Waals surface area contributed by atoms with Crippen LogP contribution < -0.4 is 34.6 Å². The van der Waals surface area contributed by atoms with E-state index in [4.69, 9.17) is 4.74 Å². The molecular formula is C17H29Cl2N3O2. The average molecular weight is 378 g/mol. The van der Waals surface area contributed by atoms with E-state index in [0.717, 1.165) is 23.0 Å². The molecule has 0 saturated carbocycles. The molecule has 0 spiro atoms. The third-order valence-electron chi connectivity index (χ3n) is 4.31. The fourth-order valence-electron chi connectivity index (χ4n) is 3.25. The Morgan fingerprint density at radius 3 is 2.54 bits per heavy atom. The summed E-state index contributed by atoms with van der Waals surface area (Å²) >= 11 is 0. The number of nitrogens with one attached hydrogen (secondary N) is 2. The molecule has 1 fully saturated rings. The lowest BCUT2D eigenvalue weighted by atomic mass is 10.1. The van der Waals surface area contributed by atoms with Crippen LogP contribution in [0.3, 0.4) is 0 Å². The van der Waals surface area contributed by atoms with E-state index < -0.39 is 0 Å². The second-order valence-corrected chi connectivity index (χ2v) is 6.21. The number of likely N-dealkylation sites (tertiary alicyclic amines) is 1. The third-order valence-corrected chi connectivity index (χ3v) is 4.31. The summed E-state index contributed by atoms with van der Waals surface area (Å²) in [6.45, 7) is 9.72. The van der Waals surface area contributed by atoms with Gasteiger partial charge >= 0.3 is 6.09 Å². The molecule has 1 aromatic rings. The van der Waals surface area contributed by atoms with Crippen LogP contribution in [0.2, 0.25) is 0 Å². The number of ether oxygens (including phenoxy) is 1. The van der Waals surface area contributed by atoms with Crippen molar-refractivity contribution in [1.82, 2.24) is 4.98 Å². The van der Waals surface area contributed by atoms with Gasteiger partial charge in [0.25, 0.3) is 0 Å². The topological polar surface area (TPSA) is 48.1 Å². The normalized spacial score (nSPS) is 17.1. The van der Waals surface area contributed by atoms with Gasteiger partial charge in [-0.3, -0.25) is 0 Å². The smallest absolute Gasteiger partial charge is 0.521 e. The van der Waals surface area contributed by atoms with Crippen molar-refractivity contribution in [1.29, 1.82) is 0 Å². The summed E-state index contributed by atoms with van der Waals surface area (Å²) < 4.78 is 5.28. The fourth-order valence-corrected chi connectivity index (χ4v) is 3.25. The Labute approximate surface area is 157 Å². The molecule has 1 aliphatic heterocycles. The predicted octanol–water partition coefficient (Wildman–Crippen LogP) is -5.47. The maximum absolute atomic E-state index is 12.4. The van der Waals surface area contributed by atoms with Gasteiger partial charge in [-0.2, -0.15) is 9.69 Å². The van der Waals surface area contributed by atoms with Crippen molar-refractivity contribution in [2.75, 3.05) is 26.2 Å². The van der Waals surface area contributed by atoms with Crippen LogP contribution in [0.5, 0.6) is 0 Å². The summed E-state index contributed by atoms with van der Waals surface area (Å²) in [7, 11) is 0. The Hall–Kier alpha value is -0.880. The van der Waals surface area contributed by atoms with Crippen LogP contribution in [-0.4, -0.2) is 43.4 Å². The zero-order valence-corrected chi connectivity index (χ0v) is 16.3. The summed E-state index contributed by atoms with van der Waals surface area (Å²) in [5.74, 6) is 0.766. The van der Waals surface area contributed by atoms with Gasteiger partial charge in [-0.1, -0.05) is 6.07 Å². The van der Waals surface area contributed by atoms with Crippen LogP contribution in [0, 0.1) is 6.92 Å². The first-order chi connectivity index (χ1) is 10.6. The van der Waals surface area contributed by atoms with E-state index >= 15 is 0 Å². The average Bonchev–Trinajstić information content (AvgIpc) is 2.49. The number of amides is 1. The molecule has 7 heteroatoms. The molecule has 138 valence electrons. The van der Waals surface area contributed by atoms with E-state index in [1.54, 1.807) is 4.90 Å². The molecule has 5 nitrogen and oxygen atoms in total. The molecule has 1 saturated heterocycles. The second kappa shape index (κ2) is 11.6. The maximum atomic E-state index is 12.4. The molecule has 0 aliphatic carbocycles. The van der Waals surface area contributed by atoms with Crippen molar-refractivity contribution >= 4 is 11.9 Å². The predicted molar refractivity (Wildman–Crippen MR) is 85.5 cm³/mol. The number of carbonyl (C=O) groups is 1. The zero-order chi connectivity index (χ0) is 15.9. The Bertz CT molecular complexity index is 496. The number of hydrogen-bond acceptors (Lipinski definition) is 3. The van der Waals surface area contributed by atoms with Crippen LogP contribution in [0.15, 0.2) is 18.2 Å². The maximum Gasteiger partial charge on any atom is 0.521 e. The Morgan fingerprint density at radius 1 is 1.29 bits per heavy atom. The highest BCUT2D eigenvalue weighted by atomic mass is 35.5. The van der Waals surface area contributed by atoms with Gasteiger partial charge in [0.1, 0.15) is 12.6 Å². The monoisotopic (exact) mass is 377 g/mol. The number of aromatic nitrogens is 1.